The van der Waals surface area contributed by atoms with Crippen LogP contribution in [0.15, 0.2) is 27.1 Å². The molecule has 1 atom stereocenters. The van der Waals surface area contributed by atoms with Gasteiger partial charge in [-0.1, -0.05) is 38.8 Å². The summed E-state index contributed by atoms with van der Waals surface area (Å²) < 4.78 is 6.16. The molecule has 1 aromatic carbocycles. The van der Waals surface area contributed by atoms with E-state index in [9.17, 15) is 14.4 Å². The minimum Gasteiger partial charge on any atom is -0.467 e. The number of hydrogen-bond donors (Lipinski definition) is 1. The molecule has 0 aliphatic rings. The van der Waals surface area contributed by atoms with E-state index in [1.54, 1.807) is 25.1 Å². The molecule has 0 aliphatic carbocycles. The van der Waals surface area contributed by atoms with Crippen LogP contribution in [0.25, 0.3) is 0 Å². The number of ketones is 1. The lowest BCUT2D eigenvalue weighted by atomic mass is 10.1. The van der Waals surface area contributed by atoms with Crippen molar-refractivity contribution in [2.24, 2.45) is 0 Å². The Morgan fingerprint density at radius 1 is 1.18 bits per heavy atom. The summed E-state index contributed by atoms with van der Waals surface area (Å²) in [6.45, 7) is 1.76. The summed E-state index contributed by atoms with van der Waals surface area (Å²) in [6, 6.07) is 4.25. The average molecular weight is 435 g/mol. The molecule has 0 saturated carbocycles. The first-order valence-electron chi connectivity index (χ1n) is 6.73. The Hall–Kier alpha value is -1.21. The van der Waals surface area contributed by atoms with E-state index < -0.39 is 17.9 Å². The molecule has 0 saturated heterocycles. The second kappa shape index (κ2) is 9.05. The van der Waals surface area contributed by atoms with Crippen molar-refractivity contribution in [3.8, 4) is 0 Å². The fraction of sp³-hybridized carbons (Fsp3) is 0.400. The van der Waals surface area contributed by atoms with Gasteiger partial charge in [-0.3, -0.25) is 9.59 Å². The number of hydrogen-bond acceptors (Lipinski definition) is 4. The van der Waals surface area contributed by atoms with Crippen molar-refractivity contribution < 1.29 is 19.1 Å². The molecule has 22 heavy (non-hydrogen) atoms. The first kappa shape index (κ1) is 18.8. The zero-order valence-corrected chi connectivity index (χ0v) is 15.5. The molecule has 1 rings (SSSR count). The number of halogens is 2. The average Bonchev–Trinajstić information content (AvgIpc) is 2.48. The third kappa shape index (κ3) is 5.88. The Morgan fingerprint density at radius 3 is 2.27 bits per heavy atom. The van der Waals surface area contributed by atoms with E-state index in [0.29, 0.717) is 12.0 Å². The van der Waals surface area contributed by atoms with Crippen LogP contribution in [0.5, 0.6) is 0 Å². The van der Waals surface area contributed by atoms with E-state index in [4.69, 9.17) is 0 Å². The van der Waals surface area contributed by atoms with Crippen molar-refractivity contribution in [3.63, 3.8) is 0 Å². The van der Waals surface area contributed by atoms with Crippen LogP contribution in [-0.2, 0) is 14.3 Å². The van der Waals surface area contributed by atoms with Crippen molar-refractivity contribution in [2.45, 2.75) is 32.2 Å². The normalized spacial score (nSPS) is 11.6. The maximum absolute atomic E-state index is 12.2. The smallest absolute Gasteiger partial charge is 0.328 e. The largest absolute Gasteiger partial charge is 0.467 e. The lowest BCUT2D eigenvalue weighted by Gasteiger charge is -2.16. The molecule has 0 fully saturated rings. The van der Waals surface area contributed by atoms with Crippen molar-refractivity contribution in [2.75, 3.05) is 7.11 Å². The quantitative estimate of drug-likeness (QED) is 0.668. The number of rotatable bonds is 7. The summed E-state index contributed by atoms with van der Waals surface area (Å²) in [5.74, 6) is -0.930. The van der Waals surface area contributed by atoms with Gasteiger partial charge in [0.25, 0.3) is 5.91 Å². The molecule has 0 spiro atoms. The molecule has 1 amide bonds. The van der Waals surface area contributed by atoms with Crippen molar-refractivity contribution in [1.82, 2.24) is 5.32 Å². The number of carbonyl (C=O) groups excluding carboxylic acids is 3. The van der Waals surface area contributed by atoms with Gasteiger partial charge in [-0.05, 0) is 24.6 Å². The zero-order chi connectivity index (χ0) is 16.7. The Balaban J connectivity index is 2.81. The Bertz CT molecular complexity index is 554. The van der Waals surface area contributed by atoms with Gasteiger partial charge in [0, 0.05) is 27.4 Å². The second-order valence-electron chi connectivity index (χ2n) is 4.64. The number of esters is 1. The van der Waals surface area contributed by atoms with E-state index in [-0.39, 0.29) is 18.6 Å². The van der Waals surface area contributed by atoms with Crippen LogP contribution in [-0.4, -0.2) is 30.8 Å². The van der Waals surface area contributed by atoms with Gasteiger partial charge in [0.15, 0.2) is 0 Å². The van der Waals surface area contributed by atoms with Crippen LogP contribution < -0.4 is 5.32 Å². The van der Waals surface area contributed by atoms with Gasteiger partial charge in [0.1, 0.15) is 11.8 Å². The first-order chi connectivity index (χ1) is 10.4. The fourth-order valence-corrected chi connectivity index (χ4v) is 3.09. The molecule has 0 aliphatic heterocycles. The minimum absolute atomic E-state index is 0.0355. The van der Waals surface area contributed by atoms with E-state index in [1.807, 2.05) is 0 Å². The minimum atomic E-state index is -0.842. The van der Waals surface area contributed by atoms with Crippen molar-refractivity contribution in [1.29, 1.82) is 0 Å². The van der Waals surface area contributed by atoms with Gasteiger partial charge in [0.2, 0.25) is 0 Å². The van der Waals surface area contributed by atoms with Gasteiger partial charge < -0.3 is 10.1 Å². The number of Topliss-reactive ketones (excluding diaryl/α,β-unsaturated/α-hetero) is 1. The van der Waals surface area contributed by atoms with Crippen LogP contribution in [0.3, 0.4) is 0 Å². The van der Waals surface area contributed by atoms with Gasteiger partial charge in [-0.15, -0.1) is 0 Å². The highest BCUT2D eigenvalue weighted by Gasteiger charge is 2.23. The molecule has 0 heterocycles. The predicted molar refractivity (Wildman–Crippen MR) is 89.6 cm³/mol. The van der Waals surface area contributed by atoms with Crippen LogP contribution in [0, 0.1) is 0 Å². The highest BCUT2D eigenvalue weighted by molar-refractivity contribution is 9.11. The van der Waals surface area contributed by atoms with Crippen molar-refractivity contribution in [3.05, 3.63) is 32.7 Å². The molecule has 0 radical (unpaired) electrons. The summed E-state index contributed by atoms with van der Waals surface area (Å²) in [7, 11) is 1.25. The predicted octanol–water partition coefficient (Wildman–Crippen LogP) is 3.24. The SMILES string of the molecule is CCC(=O)CC[C@@H](NC(=O)c1cc(Br)cc(Br)c1)C(=O)OC. The summed E-state index contributed by atoms with van der Waals surface area (Å²) in [4.78, 5) is 35.4. The Labute approximate surface area is 146 Å². The number of ether oxygens (including phenoxy) is 1. The van der Waals surface area contributed by atoms with E-state index >= 15 is 0 Å². The standard InChI is InChI=1S/C15H17Br2NO4/c1-3-12(19)4-5-13(15(21)22-2)18-14(20)9-6-10(16)8-11(17)7-9/h6-8,13H,3-5H2,1-2H3,(H,18,20)/t13-/m1/s1. The summed E-state index contributed by atoms with van der Waals surface area (Å²) in [5.41, 5.74) is 0.400. The topological polar surface area (TPSA) is 72.5 Å². The number of nitrogens with one attached hydrogen (secondary N) is 1. The molecule has 1 aromatic rings. The van der Waals surface area contributed by atoms with Crippen LogP contribution >= 0.6 is 31.9 Å². The Morgan fingerprint density at radius 2 is 1.77 bits per heavy atom. The summed E-state index contributed by atoms with van der Waals surface area (Å²) in [5, 5.41) is 2.61. The van der Waals surface area contributed by atoms with E-state index in [1.165, 1.54) is 7.11 Å². The van der Waals surface area contributed by atoms with E-state index in [2.05, 4.69) is 41.9 Å². The number of methoxy groups -OCH3 is 1. The van der Waals surface area contributed by atoms with Crippen LogP contribution in [0.4, 0.5) is 0 Å². The summed E-state index contributed by atoms with van der Waals surface area (Å²) in [6.07, 6.45) is 0.847. The number of carbonyl (C=O) groups is 3. The van der Waals surface area contributed by atoms with Gasteiger partial charge in [-0.25, -0.2) is 4.79 Å². The molecule has 5 nitrogen and oxygen atoms in total. The lowest BCUT2D eigenvalue weighted by Crippen LogP contribution is -2.41. The monoisotopic (exact) mass is 433 g/mol. The number of benzene rings is 1. The third-order valence-electron chi connectivity index (χ3n) is 3.02. The zero-order valence-electron chi connectivity index (χ0n) is 12.3. The van der Waals surface area contributed by atoms with Crippen LogP contribution in [0.1, 0.15) is 36.5 Å². The van der Waals surface area contributed by atoms with Gasteiger partial charge in [-0.2, -0.15) is 0 Å². The second-order valence-corrected chi connectivity index (χ2v) is 6.47. The third-order valence-corrected chi connectivity index (χ3v) is 3.94. The number of amides is 1. The van der Waals surface area contributed by atoms with Gasteiger partial charge in [0.05, 0.1) is 7.11 Å². The van der Waals surface area contributed by atoms with Crippen LogP contribution in [0.2, 0.25) is 0 Å². The molecule has 120 valence electrons. The Kier molecular flexibility index (Phi) is 7.75. The summed E-state index contributed by atoms with van der Waals surface area (Å²) >= 11 is 6.61. The highest BCUT2D eigenvalue weighted by Crippen LogP contribution is 2.20. The molecule has 7 heteroatoms. The lowest BCUT2D eigenvalue weighted by molar-refractivity contribution is -0.143. The fourth-order valence-electron chi connectivity index (χ4n) is 1.80. The maximum atomic E-state index is 12.2. The molecule has 0 aromatic heterocycles. The molecule has 1 N–H and O–H groups in total. The molecular formula is C15H17Br2NO4. The molecular weight excluding hydrogens is 418 g/mol. The van der Waals surface area contributed by atoms with E-state index in [0.717, 1.165) is 8.95 Å². The highest BCUT2D eigenvalue weighted by atomic mass is 79.9. The maximum Gasteiger partial charge on any atom is 0.328 e. The molecule has 0 bridgehead atoms. The van der Waals surface area contributed by atoms with Crippen molar-refractivity contribution >= 4 is 49.5 Å². The van der Waals surface area contributed by atoms with Gasteiger partial charge >= 0.3 is 5.97 Å². The first-order valence-corrected chi connectivity index (χ1v) is 8.32. The molecule has 0 unspecified atom stereocenters.